The third kappa shape index (κ3) is 4.85. The molecule has 1 aromatic heterocycles. The summed E-state index contributed by atoms with van der Waals surface area (Å²) < 4.78 is 25.7. The topological polar surface area (TPSA) is 67.3 Å². The number of benzene rings is 1. The van der Waals surface area contributed by atoms with Crippen molar-refractivity contribution in [3.63, 3.8) is 0 Å². The maximum absolute atomic E-state index is 12.8. The van der Waals surface area contributed by atoms with Gasteiger partial charge in [0, 0.05) is 18.1 Å². The van der Waals surface area contributed by atoms with Gasteiger partial charge in [-0.1, -0.05) is 42.1 Å². The van der Waals surface area contributed by atoms with Crippen LogP contribution in [0.25, 0.3) is 0 Å². The number of halogens is 2. The molecule has 0 N–H and O–H groups in total. The van der Waals surface area contributed by atoms with Crippen molar-refractivity contribution in [3.8, 4) is 0 Å². The van der Waals surface area contributed by atoms with Crippen LogP contribution in [-0.2, 0) is 15.6 Å². The molecule has 1 aliphatic heterocycles. The summed E-state index contributed by atoms with van der Waals surface area (Å²) in [5, 5.41) is 0.458. The van der Waals surface area contributed by atoms with Crippen molar-refractivity contribution in [1.82, 2.24) is 9.88 Å². The highest BCUT2D eigenvalue weighted by Gasteiger charge is 2.23. The van der Waals surface area contributed by atoms with Crippen LogP contribution in [0.3, 0.4) is 0 Å². The highest BCUT2D eigenvalue weighted by Crippen LogP contribution is 2.30. The van der Waals surface area contributed by atoms with Crippen molar-refractivity contribution in [1.29, 1.82) is 0 Å². The second kappa shape index (κ2) is 8.80. The second-order valence-electron chi connectivity index (χ2n) is 7.01. The SMILES string of the molecule is Cc1cc(Cl)c(S(=O)(=O)Cc2cccc(C(=O)N3CCCCCC3)n2)cc1Cl. The van der Waals surface area contributed by atoms with Crippen molar-refractivity contribution < 1.29 is 13.2 Å². The zero-order chi connectivity index (χ0) is 20.3. The van der Waals surface area contributed by atoms with Gasteiger partial charge in [0.05, 0.1) is 21.4 Å². The van der Waals surface area contributed by atoms with Crippen LogP contribution in [0.1, 0.15) is 47.4 Å². The number of hydrogen-bond acceptors (Lipinski definition) is 4. The van der Waals surface area contributed by atoms with E-state index in [4.69, 9.17) is 23.2 Å². The fourth-order valence-corrected chi connectivity index (χ4v) is 5.41. The van der Waals surface area contributed by atoms with Gasteiger partial charge in [-0.05, 0) is 49.6 Å². The van der Waals surface area contributed by atoms with Crippen LogP contribution < -0.4 is 0 Å². The minimum Gasteiger partial charge on any atom is -0.337 e. The van der Waals surface area contributed by atoms with E-state index >= 15 is 0 Å². The van der Waals surface area contributed by atoms with Gasteiger partial charge in [-0.15, -0.1) is 0 Å². The summed E-state index contributed by atoms with van der Waals surface area (Å²) in [6.45, 7) is 3.17. The Kier molecular flexibility index (Phi) is 6.63. The minimum absolute atomic E-state index is 0.0317. The van der Waals surface area contributed by atoms with Gasteiger partial charge in [0.15, 0.2) is 9.84 Å². The fraction of sp³-hybridized carbons (Fsp3) is 0.400. The number of sulfone groups is 1. The summed E-state index contributed by atoms with van der Waals surface area (Å²) in [5.74, 6) is -0.509. The zero-order valence-corrected chi connectivity index (χ0v) is 17.9. The summed E-state index contributed by atoms with van der Waals surface area (Å²) in [5.41, 5.74) is 1.27. The van der Waals surface area contributed by atoms with Gasteiger partial charge in [0.2, 0.25) is 0 Å². The van der Waals surface area contributed by atoms with Crippen molar-refractivity contribution >= 4 is 38.9 Å². The molecule has 150 valence electrons. The van der Waals surface area contributed by atoms with Gasteiger partial charge in [0.1, 0.15) is 5.69 Å². The number of aryl methyl sites for hydroxylation is 1. The van der Waals surface area contributed by atoms with E-state index < -0.39 is 9.84 Å². The number of likely N-dealkylation sites (tertiary alicyclic amines) is 1. The molecular formula is C20H22Cl2N2O3S. The highest BCUT2D eigenvalue weighted by molar-refractivity contribution is 7.90. The van der Waals surface area contributed by atoms with Crippen LogP contribution in [0, 0.1) is 6.92 Å². The summed E-state index contributed by atoms with van der Waals surface area (Å²) in [4.78, 5) is 18.8. The lowest BCUT2D eigenvalue weighted by molar-refractivity contribution is 0.0755. The van der Waals surface area contributed by atoms with Gasteiger partial charge in [0.25, 0.3) is 5.91 Å². The third-order valence-corrected chi connectivity index (χ3v) is 7.32. The van der Waals surface area contributed by atoms with Crippen LogP contribution in [0.2, 0.25) is 10.0 Å². The van der Waals surface area contributed by atoms with E-state index in [0.717, 1.165) is 25.7 Å². The molecule has 1 aromatic carbocycles. The number of rotatable bonds is 4. The van der Waals surface area contributed by atoms with E-state index in [2.05, 4.69) is 4.98 Å². The van der Waals surface area contributed by atoms with Crippen LogP contribution in [0.5, 0.6) is 0 Å². The first kappa shape index (κ1) is 21.1. The maximum Gasteiger partial charge on any atom is 0.272 e. The number of carbonyl (C=O) groups excluding carboxylic acids is 1. The number of carbonyl (C=O) groups is 1. The average Bonchev–Trinajstić information content (AvgIpc) is 2.93. The molecule has 0 unspecified atom stereocenters. The number of hydrogen-bond donors (Lipinski definition) is 0. The second-order valence-corrected chi connectivity index (χ2v) is 9.78. The smallest absolute Gasteiger partial charge is 0.272 e. The molecule has 0 saturated carbocycles. The van der Waals surface area contributed by atoms with E-state index in [1.54, 1.807) is 30.0 Å². The molecule has 3 rings (SSSR count). The molecule has 0 atom stereocenters. The van der Waals surface area contributed by atoms with E-state index in [1.165, 1.54) is 12.1 Å². The molecular weight excluding hydrogens is 419 g/mol. The summed E-state index contributed by atoms with van der Waals surface area (Å²) in [6.07, 6.45) is 4.20. The number of amides is 1. The van der Waals surface area contributed by atoms with Crippen molar-refractivity contribution in [2.24, 2.45) is 0 Å². The first-order chi connectivity index (χ1) is 13.3. The Bertz CT molecular complexity index is 985. The third-order valence-electron chi connectivity index (χ3n) is 4.81. The standard InChI is InChI=1S/C20H22Cl2N2O3S/c1-14-11-17(22)19(12-16(14)21)28(26,27)13-15-7-6-8-18(23-15)20(25)24-9-4-2-3-5-10-24/h6-8,11-12H,2-5,9-10,13H2,1H3. The molecule has 0 aliphatic carbocycles. The zero-order valence-electron chi connectivity index (χ0n) is 15.6. The van der Waals surface area contributed by atoms with Crippen LogP contribution >= 0.6 is 23.2 Å². The van der Waals surface area contributed by atoms with E-state index in [9.17, 15) is 13.2 Å². The van der Waals surface area contributed by atoms with Crippen LogP contribution in [0.15, 0.2) is 35.2 Å². The fourth-order valence-electron chi connectivity index (χ4n) is 3.25. The van der Waals surface area contributed by atoms with Gasteiger partial charge in [-0.3, -0.25) is 4.79 Å². The van der Waals surface area contributed by atoms with Crippen molar-refractivity contribution in [2.75, 3.05) is 13.1 Å². The van der Waals surface area contributed by atoms with Crippen molar-refractivity contribution in [2.45, 2.75) is 43.3 Å². The quantitative estimate of drug-likeness (QED) is 0.691. The van der Waals surface area contributed by atoms with Gasteiger partial charge < -0.3 is 4.90 Å². The summed E-state index contributed by atoms with van der Waals surface area (Å²) >= 11 is 12.2. The Morgan fingerprint density at radius 3 is 2.43 bits per heavy atom. The largest absolute Gasteiger partial charge is 0.337 e. The lowest BCUT2D eigenvalue weighted by Gasteiger charge is -2.20. The number of pyridine rings is 1. The summed E-state index contributed by atoms with van der Waals surface area (Å²) in [6, 6.07) is 7.77. The molecule has 0 spiro atoms. The molecule has 1 fully saturated rings. The Labute approximate surface area is 175 Å². The predicted molar refractivity (Wildman–Crippen MR) is 111 cm³/mol. The molecule has 8 heteroatoms. The van der Waals surface area contributed by atoms with Crippen molar-refractivity contribution in [3.05, 3.63) is 57.3 Å². The molecule has 2 heterocycles. The molecule has 5 nitrogen and oxygen atoms in total. The molecule has 2 aromatic rings. The van der Waals surface area contributed by atoms with Crippen LogP contribution in [0.4, 0.5) is 0 Å². The van der Waals surface area contributed by atoms with Gasteiger partial charge >= 0.3 is 0 Å². The number of aromatic nitrogens is 1. The highest BCUT2D eigenvalue weighted by atomic mass is 35.5. The molecule has 0 radical (unpaired) electrons. The van der Waals surface area contributed by atoms with E-state index in [1.807, 2.05) is 0 Å². The van der Waals surface area contributed by atoms with E-state index in [0.29, 0.717) is 29.4 Å². The maximum atomic E-state index is 12.8. The monoisotopic (exact) mass is 440 g/mol. The molecule has 1 saturated heterocycles. The minimum atomic E-state index is -3.76. The Hall–Kier alpha value is -1.63. The predicted octanol–water partition coefficient (Wildman–Crippen LogP) is 4.69. The lowest BCUT2D eigenvalue weighted by Crippen LogP contribution is -2.32. The van der Waals surface area contributed by atoms with Gasteiger partial charge in [-0.25, -0.2) is 13.4 Å². The van der Waals surface area contributed by atoms with Crippen LogP contribution in [-0.4, -0.2) is 37.3 Å². The van der Waals surface area contributed by atoms with Gasteiger partial charge in [-0.2, -0.15) is 0 Å². The first-order valence-corrected chi connectivity index (χ1v) is 11.6. The number of nitrogens with zero attached hydrogens (tertiary/aromatic N) is 2. The molecule has 1 aliphatic rings. The normalized spacial score (nSPS) is 15.3. The average molecular weight is 441 g/mol. The molecule has 28 heavy (non-hydrogen) atoms. The van der Waals surface area contributed by atoms with E-state index in [-0.39, 0.29) is 27.3 Å². The Morgan fingerprint density at radius 1 is 1.07 bits per heavy atom. The lowest BCUT2D eigenvalue weighted by atomic mass is 10.2. The molecule has 0 bridgehead atoms. The first-order valence-electron chi connectivity index (χ1n) is 9.21. The summed E-state index contributed by atoms with van der Waals surface area (Å²) in [7, 11) is -3.76. The Balaban J connectivity index is 1.84. The molecule has 1 amide bonds. The Morgan fingerprint density at radius 2 is 1.75 bits per heavy atom.